The number of hydrogen-bond donors (Lipinski definition) is 2. The van der Waals surface area contributed by atoms with Gasteiger partial charge >= 0.3 is 0 Å². The highest BCUT2D eigenvalue weighted by Gasteiger charge is 2.35. The summed E-state index contributed by atoms with van der Waals surface area (Å²) in [6, 6.07) is 5.11. The summed E-state index contributed by atoms with van der Waals surface area (Å²) in [6.45, 7) is 3.67. The Kier molecular flexibility index (Phi) is 2.39. The predicted molar refractivity (Wildman–Crippen MR) is 58.9 cm³/mol. The first-order valence-electron chi connectivity index (χ1n) is 5.18. The molecular weight excluding hydrogens is 190 g/mol. The van der Waals surface area contributed by atoms with Crippen LogP contribution in [0.3, 0.4) is 0 Å². The van der Waals surface area contributed by atoms with Crippen molar-refractivity contribution in [3.05, 3.63) is 23.8 Å². The molecule has 1 aliphatic carbocycles. The van der Waals surface area contributed by atoms with Crippen LogP contribution in [0.25, 0.3) is 0 Å². The quantitative estimate of drug-likeness (QED) is 0.729. The molecule has 0 bridgehead atoms. The summed E-state index contributed by atoms with van der Waals surface area (Å²) in [6.07, 6.45) is 1.13. The lowest BCUT2D eigenvalue weighted by atomic mass is 10.1. The first-order valence-corrected chi connectivity index (χ1v) is 5.18. The van der Waals surface area contributed by atoms with E-state index >= 15 is 0 Å². The zero-order valence-corrected chi connectivity index (χ0v) is 8.95. The van der Waals surface area contributed by atoms with Gasteiger partial charge in [-0.3, -0.25) is 4.79 Å². The molecule has 0 saturated heterocycles. The largest absolute Gasteiger partial charge is 0.508 e. The van der Waals surface area contributed by atoms with Crippen molar-refractivity contribution in [1.29, 1.82) is 0 Å². The average molecular weight is 205 g/mol. The van der Waals surface area contributed by atoms with Gasteiger partial charge in [-0.2, -0.15) is 0 Å². The topological polar surface area (TPSA) is 49.3 Å². The Balaban J connectivity index is 2.31. The molecule has 2 atom stereocenters. The Morgan fingerprint density at radius 2 is 2.20 bits per heavy atom. The number of rotatable bonds is 2. The molecule has 1 saturated carbocycles. The van der Waals surface area contributed by atoms with E-state index in [1.54, 1.807) is 18.2 Å². The third kappa shape index (κ3) is 2.12. The summed E-state index contributed by atoms with van der Waals surface area (Å²) in [5.41, 5.74) is 1.88. The van der Waals surface area contributed by atoms with E-state index in [-0.39, 0.29) is 11.7 Å². The highest BCUT2D eigenvalue weighted by atomic mass is 16.3. The van der Waals surface area contributed by atoms with E-state index in [9.17, 15) is 9.90 Å². The molecule has 1 unspecified atom stereocenters. The maximum absolute atomic E-state index is 11.0. The number of nitrogens with one attached hydrogen (secondary N) is 1. The minimum atomic E-state index is -0.0738. The van der Waals surface area contributed by atoms with Gasteiger partial charge < -0.3 is 10.4 Å². The zero-order chi connectivity index (χ0) is 11.0. The fourth-order valence-corrected chi connectivity index (χ4v) is 1.92. The van der Waals surface area contributed by atoms with E-state index in [0.29, 0.717) is 11.8 Å². The van der Waals surface area contributed by atoms with E-state index in [2.05, 4.69) is 12.2 Å². The fourth-order valence-electron chi connectivity index (χ4n) is 1.92. The summed E-state index contributed by atoms with van der Waals surface area (Å²) >= 11 is 0. The SMILES string of the molecule is CC(=O)Nc1ccc(O)cc1[C@@H]1CC1C. The molecule has 15 heavy (non-hydrogen) atoms. The van der Waals surface area contributed by atoms with Gasteiger partial charge in [-0.1, -0.05) is 6.92 Å². The molecule has 2 rings (SSSR count). The molecule has 2 N–H and O–H groups in total. The van der Waals surface area contributed by atoms with Gasteiger partial charge in [0.05, 0.1) is 0 Å². The van der Waals surface area contributed by atoms with E-state index in [1.165, 1.54) is 6.92 Å². The molecule has 0 radical (unpaired) electrons. The Hall–Kier alpha value is -1.51. The molecule has 0 spiro atoms. The standard InChI is InChI=1S/C12H15NO2/c1-7-5-10(7)11-6-9(15)3-4-12(11)13-8(2)14/h3-4,6-7,10,15H,5H2,1-2H3,(H,13,14)/t7?,10-/m1/s1. The van der Waals surface area contributed by atoms with Crippen LogP contribution in [0.2, 0.25) is 0 Å². The van der Waals surface area contributed by atoms with Crippen LogP contribution in [-0.4, -0.2) is 11.0 Å². The van der Waals surface area contributed by atoms with Gasteiger partial charge in [0.25, 0.3) is 0 Å². The molecule has 80 valence electrons. The lowest BCUT2D eigenvalue weighted by Gasteiger charge is -2.09. The Morgan fingerprint density at radius 1 is 1.53 bits per heavy atom. The minimum Gasteiger partial charge on any atom is -0.508 e. The van der Waals surface area contributed by atoms with Crippen LogP contribution < -0.4 is 5.32 Å². The number of anilines is 1. The summed E-state index contributed by atoms with van der Waals surface area (Å²) in [5.74, 6) is 1.33. The summed E-state index contributed by atoms with van der Waals surface area (Å²) < 4.78 is 0. The van der Waals surface area contributed by atoms with Crippen LogP contribution in [0.15, 0.2) is 18.2 Å². The number of carbonyl (C=O) groups excluding carboxylic acids is 1. The summed E-state index contributed by atoms with van der Waals surface area (Å²) in [7, 11) is 0. The molecular formula is C12H15NO2. The van der Waals surface area contributed by atoms with Crippen LogP contribution >= 0.6 is 0 Å². The van der Waals surface area contributed by atoms with Crippen molar-refractivity contribution in [2.24, 2.45) is 5.92 Å². The number of aromatic hydroxyl groups is 1. The Labute approximate surface area is 89.1 Å². The zero-order valence-electron chi connectivity index (χ0n) is 8.95. The second-order valence-electron chi connectivity index (χ2n) is 4.27. The average Bonchev–Trinajstić information content (AvgIpc) is 2.85. The maximum Gasteiger partial charge on any atom is 0.221 e. The lowest BCUT2D eigenvalue weighted by Crippen LogP contribution is -2.07. The van der Waals surface area contributed by atoms with E-state index in [4.69, 9.17) is 0 Å². The Bertz CT molecular complexity index is 401. The molecule has 1 aliphatic rings. The van der Waals surface area contributed by atoms with E-state index in [0.717, 1.165) is 17.7 Å². The normalized spacial score (nSPS) is 23.6. The van der Waals surface area contributed by atoms with Crippen molar-refractivity contribution in [3.8, 4) is 5.75 Å². The molecule has 1 aromatic rings. The van der Waals surface area contributed by atoms with Gasteiger partial charge in [-0.25, -0.2) is 0 Å². The van der Waals surface area contributed by atoms with Crippen molar-refractivity contribution >= 4 is 11.6 Å². The van der Waals surface area contributed by atoms with Gasteiger partial charge in [-0.05, 0) is 42.0 Å². The van der Waals surface area contributed by atoms with Gasteiger partial charge in [0.2, 0.25) is 5.91 Å². The molecule has 0 aromatic heterocycles. The number of hydrogen-bond acceptors (Lipinski definition) is 2. The third-order valence-corrected chi connectivity index (χ3v) is 2.85. The van der Waals surface area contributed by atoms with E-state index in [1.807, 2.05) is 0 Å². The smallest absolute Gasteiger partial charge is 0.221 e. The summed E-state index contributed by atoms with van der Waals surface area (Å²) in [4.78, 5) is 11.0. The lowest BCUT2D eigenvalue weighted by molar-refractivity contribution is -0.114. The molecule has 0 heterocycles. The van der Waals surface area contributed by atoms with Crippen LogP contribution in [0, 0.1) is 5.92 Å². The van der Waals surface area contributed by atoms with E-state index < -0.39 is 0 Å². The van der Waals surface area contributed by atoms with Crippen LogP contribution in [-0.2, 0) is 4.79 Å². The van der Waals surface area contributed by atoms with Gasteiger partial charge in [-0.15, -0.1) is 0 Å². The highest BCUT2D eigenvalue weighted by Crippen LogP contribution is 2.50. The van der Waals surface area contributed by atoms with Crippen molar-refractivity contribution < 1.29 is 9.90 Å². The predicted octanol–water partition coefficient (Wildman–Crippen LogP) is 2.47. The highest BCUT2D eigenvalue weighted by molar-refractivity contribution is 5.89. The van der Waals surface area contributed by atoms with Crippen LogP contribution in [0.4, 0.5) is 5.69 Å². The van der Waals surface area contributed by atoms with Crippen molar-refractivity contribution in [2.75, 3.05) is 5.32 Å². The molecule has 1 fully saturated rings. The molecule has 0 aliphatic heterocycles. The molecule has 3 heteroatoms. The van der Waals surface area contributed by atoms with Crippen LogP contribution in [0.1, 0.15) is 31.7 Å². The first kappa shape index (κ1) is 10.0. The van der Waals surface area contributed by atoms with Crippen molar-refractivity contribution in [3.63, 3.8) is 0 Å². The number of phenolic OH excluding ortho intramolecular Hbond substituents is 1. The number of amides is 1. The second-order valence-corrected chi connectivity index (χ2v) is 4.27. The van der Waals surface area contributed by atoms with Crippen molar-refractivity contribution in [2.45, 2.75) is 26.2 Å². The minimum absolute atomic E-state index is 0.0738. The summed E-state index contributed by atoms with van der Waals surface area (Å²) in [5, 5.41) is 12.2. The third-order valence-electron chi connectivity index (χ3n) is 2.85. The fraction of sp³-hybridized carbons (Fsp3) is 0.417. The van der Waals surface area contributed by atoms with Gasteiger partial charge in [0.1, 0.15) is 5.75 Å². The van der Waals surface area contributed by atoms with Crippen molar-refractivity contribution in [1.82, 2.24) is 0 Å². The van der Waals surface area contributed by atoms with Gasteiger partial charge in [0.15, 0.2) is 0 Å². The monoisotopic (exact) mass is 205 g/mol. The molecule has 1 amide bonds. The van der Waals surface area contributed by atoms with Gasteiger partial charge in [0, 0.05) is 12.6 Å². The Morgan fingerprint density at radius 3 is 2.73 bits per heavy atom. The van der Waals surface area contributed by atoms with Crippen LogP contribution in [0.5, 0.6) is 5.75 Å². The maximum atomic E-state index is 11.0. The molecule has 1 aromatic carbocycles. The first-order chi connectivity index (χ1) is 7.08. The molecule has 3 nitrogen and oxygen atoms in total. The second kappa shape index (κ2) is 3.57. The number of phenols is 1. The number of benzene rings is 1. The number of carbonyl (C=O) groups is 1.